The van der Waals surface area contributed by atoms with E-state index in [0.717, 1.165) is 12.5 Å². The molecule has 11 heteroatoms. The van der Waals surface area contributed by atoms with E-state index in [1.54, 1.807) is 12.1 Å². The minimum Gasteiger partial charge on any atom is -0.267 e. The molecular weight excluding hydrogens is 379 g/mol. The van der Waals surface area contributed by atoms with Crippen LogP contribution < -0.4 is 10.9 Å². The Morgan fingerprint density at radius 3 is 2.29 bits per heavy atom. The van der Waals surface area contributed by atoms with E-state index in [4.69, 9.17) is 23.2 Å². The first-order chi connectivity index (χ1) is 11.2. The molecule has 0 saturated carbocycles. The number of carbonyl (C=O) groups excluding carboxylic acids is 2. The van der Waals surface area contributed by atoms with Gasteiger partial charge in [-0.15, -0.1) is 0 Å². The highest BCUT2D eigenvalue weighted by molar-refractivity contribution is 7.90. The number of hydrogen-bond donors (Lipinski definition) is 2. The first-order valence-corrected chi connectivity index (χ1v) is 8.92. The fourth-order valence-corrected chi connectivity index (χ4v) is 2.47. The van der Waals surface area contributed by atoms with Gasteiger partial charge in [-0.05, 0) is 12.1 Å². The molecule has 2 rings (SSSR count). The second-order valence-electron chi connectivity index (χ2n) is 4.51. The Balaban J connectivity index is 2.16. The Labute approximate surface area is 147 Å². The molecule has 24 heavy (non-hydrogen) atoms. The normalized spacial score (nSPS) is 11.0. The first kappa shape index (κ1) is 18.1. The second kappa shape index (κ2) is 7.12. The molecule has 126 valence electrons. The van der Waals surface area contributed by atoms with Crippen LogP contribution in [0, 0.1) is 0 Å². The van der Waals surface area contributed by atoms with Crippen LogP contribution in [0.5, 0.6) is 0 Å². The molecule has 1 aromatic carbocycles. The number of aromatic nitrogens is 2. The van der Waals surface area contributed by atoms with Crippen molar-refractivity contribution in [2.24, 2.45) is 0 Å². The number of rotatable bonds is 3. The molecule has 0 unspecified atom stereocenters. The highest BCUT2D eigenvalue weighted by Gasteiger charge is 2.19. The van der Waals surface area contributed by atoms with Crippen LogP contribution in [0.2, 0.25) is 10.0 Å². The maximum Gasteiger partial charge on any atom is 0.290 e. The monoisotopic (exact) mass is 388 g/mol. The van der Waals surface area contributed by atoms with Gasteiger partial charge in [-0.3, -0.25) is 20.4 Å². The van der Waals surface area contributed by atoms with Crippen LogP contribution in [-0.2, 0) is 9.84 Å². The highest BCUT2D eigenvalue weighted by Crippen LogP contribution is 2.15. The van der Waals surface area contributed by atoms with E-state index >= 15 is 0 Å². The molecule has 8 nitrogen and oxygen atoms in total. The van der Waals surface area contributed by atoms with E-state index in [9.17, 15) is 18.0 Å². The van der Waals surface area contributed by atoms with Gasteiger partial charge < -0.3 is 0 Å². The topological polar surface area (TPSA) is 118 Å². The zero-order valence-corrected chi connectivity index (χ0v) is 14.4. The Bertz CT molecular complexity index is 918. The molecule has 1 aromatic heterocycles. The molecule has 0 bridgehead atoms. The molecule has 0 saturated heterocycles. The SMILES string of the molecule is CS(=O)(=O)c1ncc(Cl)c(C(=O)NNC(=O)c2ccccc2Cl)n1. The van der Waals surface area contributed by atoms with Crippen LogP contribution in [0.4, 0.5) is 0 Å². The summed E-state index contributed by atoms with van der Waals surface area (Å²) in [5, 5.41) is -0.537. The molecule has 2 N–H and O–H groups in total. The van der Waals surface area contributed by atoms with Crippen molar-refractivity contribution in [2.45, 2.75) is 5.16 Å². The van der Waals surface area contributed by atoms with Gasteiger partial charge in [0.15, 0.2) is 5.69 Å². The third-order valence-electron chi connectivity index (χ3n) is 2.68. The van der Waals surface area contributed by atoms with Gasteiger partial charge in [0.05, 0.1) is 21.8 Å². The lowest BCUT2D eigenvalue weighted by Gasteiger charge is -2.09. The minimum atomic E-state index is -3.72. The summed E-state index contributed by atoms with van der Waals surface area (Å²) in [5.41, 5.74) is 3.96. The predicted octanol–water partition coefficient (Wildman–Crippen LogP) is 1.26. The second-order valence-corrected chi connectivity index (χ2v) is 7.23. The number of amides is 2. The summed E-state index contributed by atoms with van der Waals surface area (Å²) in [6.45, 7) is 0. The van der Waals surface area contributed by atoms with Crippen LogP contribution in [0.25, 0.3) is 0 Å². The summed E-state index contributed by atoms with van der Waals surface area (Å²) in [4.78, 5) is 31.1. The van der Waals surface area contributed by atoms with Crippen LogP contribution in [0.3, 0.4) is 0 Å². The number of carbonyl (C=O) groups is 2. The Kier molecular flexibility index (Phi) is 5.37. The maximum absolute atomic E-state index is 12.0. The van der Waals surface area contributed by atoms with Crippen molar-refractivity contribution in [3.63, 3.8) is 0 Å². The first-order valence-electron chi connectivity index (χ1n) is 6.28. The minimum absolute atomic E-state index is 0.144. The zero-order chi connectivity index (χ0) is 17.9. The molecule has 2 amide bonds. The molecule has 0 spiro atoms. The summed E-state index contributed by atoms with van der Waals surface area (Å²) >= 11 is 11.6. The molecule has 0 aliphatic carbocycles. The number of halogens is 2. The largest absolute Gasteiger partial charge is 0.290 e. The molecule has 0 fully saturated rings. The lowest BCUT2D eigenvalue weighted by atomic mass is 10.2. The highest BCUT2D eigenvalue weighted by atomic mass is 35.5. The molecule has 0 atom stereocenters. The van der Waals surface area contributed by atoms with Gasteiger partial charge in [0.2, 0.25) is 15.0 Å². The number of hydrazine groups is 1. The van der Waals surface area contributed by atoms with Gasteiger partial charge in [0.25, 0.3) is 11.8 Å². The van der Waals surface area contributed by atoms with Crippen molar-refractivity contribution in [1.29, 1.82) is 0 Å². The Morgan fingerprint density at radius 1 is 1.04 bits per heavy atom. The number of sulfone groups is 1. The van der Waals surface area contributed by atoms with Gasteiger partial charge in [-0.25, -0.2) is 18.4 Å². The van der Waals surface area contributed by atoms with Crippen LogP contribution in [0.1, 0.15) is 20.8 Å². The van der Waals surface area contributed by atoms with Crippen LogP contribution in [-0.4, -0.2) is 36.5 Å². The smallest absolute Gasteiger partial charge is 0.267 e. The van der Waals surface area contributed by atoms with Gasteiger partial charge in [0.1, 0.15) is 0 Å². The third kappa shape index (κ3) is 4.19. The molecular formula is C13H10Cl2N4O4S. The van der Waals surface area contributed by atoms with Gasteiger partial charge in [-0.2, -0.15) is 0 Å². The average molecular weight is 389 g/mol. The summed E-state index contributed by atoms with van der Waals surface area (Å²) in [6, 6.07) is 6.22. The number of nitrogens with one attached hydrogen (secondary N) is 2. The van der Waals surface area contributed by atoms with E-state index in [-0.39, 0.29) is 15.6 Å². The third-order valence-corrected chi connectivity index (χ3v) is 4.14. The van der Waals surface area contributed by atoms with E-state index in [1.165, 1.54) is 12.1 Å². The molecule has 0 radical (unpaired) electrons. The van der Waals surface area contributed by atoms with Crippen molar-refractivity contribution in [3.05, 3.63) is 51.8 Å². The summed E-state index contributed by atoms with van der Waals surface area (Å²) in [5.74, 6) is -1.57. The Morgan fingerprint density at radius 2 is 1.67 bits per heavy atom. The molecule has 2 aromatic rings. The summed E-state index contributed by atoms with van der Waals surface area (Å²) in [6.07, 6.45) is 1.87. The summed E-state index contributed by atoms with van der Waals surface area (Å²) < 4.78 is 22.8. The molecule has 0 aliphatic rings. The van der Waals surface area contributed by atoms with Gasteiger partial charge in [0, 0.05) is 6.26 Å². The van der Waals surface area contributed by atoms with Gasteiger partial charge in [-0.1, -0.05) is 35.3 Å². The fraction of sp³-hybridized carbons (Fsp3) is 0.0769. The van der Waals surface area contributed by atoms with Crippen molar-refractivity contribution in [3.8, 4) is 0 Å². The Hall–Kier alpha value is -2.23. The lowest BCUT2D eigenvalue weighted by Crippen LogP contribution is -2.42. The van der Waals surface area contributed by atoms with Crippen molar-refractivity contribution < 1.29 is 18.0 Å². The van der Waals surface area contributed by atoms with Gasteiger partial charge >= 0.3 is 0 Å². The average Bonchev–Trinajstić information content (AvgIpc) is 2.52. The molecule has 1 heterocycles. The maximum atomic E-state index is 12.0. The predicted molar refractivity (Wildman–Crippen MR) is 86.5 cm³/mol. The van der Waals surface area contributed by atoms with Crippen LogP contribution in [0.15, 0.2) is 35.6 Å². The van der Waals surface area contributed by atoms with Crippen molar-refractivity contribution in [2.75, 3.05) is 6.26 Å². The standard InChI is InChI=1S/C13H10Cl2N4O4S/c1-24(22,23)13-16-6-9(15)10(17-13)12(21)19-18-11(20)7-4-2-3-5-8(7)14/h2-6H,1H3,(H,18,20)(H,19,21). The number of nitrogens with zero attached hydrogens (tertiary/aromatic N) is 2. The van der Waals surface area contributed by atoms with Crippen molar-refractivity contribution >= 4 is 44.9 Å². The fourth-order valence-electron chi connectivity index (χ4n) is 1.57. The van der Waals surface area contributed by atoms with Crippen LogP contribution >= 0.6 is 23.2 Å². The lowest BCUT2D eigenvalue weighted by molar-refractivity contribution is 0.0843. The summed E-state index contributed by atoms with van der Waals surface area (Å²) in [7, 11) is -3.72. The number of hydrogen-bond acceptors (Lipinski definition) is 6. The van der Waals surface area contributed by atoms with E-state index < -0.39 is 32.5 Å². The zero-order valence-electron chi connectivity index (χ0n) is 12.1. The van der Waals surface area contributed by atoms with Crippen molar-refractivity contribution in [1.82, 2.24) is 20.8 Å². The number of benzene rings is 1. The molecule has 0 aliphatic heterocycles. The quantitative estimate of drug-likeness (QED) is 0.603. The van der Waals surface area contributed by atoms with E-state index in [1.807, 2.05) is 0 Å². The van der Waals surface area contributed by atoms with E-state index in [2.05, 4.69) is 20.8 Å². The van der Waals surface area contributed by atoms with E-state index in [0.29, 0.717) is 0 Å².